The van der Waals surface area contributed by atoms with Gasteiger partial charge in [0.25, 0.3) is 5.92 Å². The number of anilines is 1. The van der Waals surface area contributed by atoms with Gasteiger partial charge in [-0.3, -0.25) is 19.0 Å². The third kappa shape index (κ3) is 10.5. The molecule has 0 aliphatic heterocycles. The summed E-state index contributed by atoms with van der Waals surface area (Å²) in [5.41, 5.74) is -0.0211. The van der Waals surface area contributed by atoms with Crippen LogP contribution in [0.4, 0.5) is 49.7 Å². The number of sulfone groups is 1. The summed E-state index contributed by atoms with van der Waals surface area (Å²) in [6.45, 7) is 1.39. The molecular formula is C45H43ClF10N8O6S2. The molecule has 0 bridgehead atoms. The van der Waals surface area contributed by atoms with Gasteiger partial charge >= 0.3 is 12.4 Å². The number of halogens is 11. The van der Waals surface area contributed by atoms with Gasteiger partial charge in [-0.05, 0) is 80.8 Å². The molecule has 0 saturated heterocycles. The van der Waals surface area contributed by atoms with Gasteiger partial charge in [-0.15, -0.1) is 0 Å². The summed E-state index contributed by atoms with van der Waals surface area (Å²) in [4.78, 5) is 32.6. The number of amides is 2. The lowest BCUT2D eigenvalue weighted by molar-refractivity contribution is -0.143. The number of carbonyl (C=O) groups is 2. The zero-order valence-electron chi connectivity index (χ0n) is 38.6. The van der Waals surface area contributed by atoms with Gasteiger partial charge in [-0.2, -0.15) is 49.6 Å². The molecule has 3 N–H and O–H groups in total. The molecule has 0 radical (unpaired) electrons. The Kier molecular flexibility index (Phi) is 14.0. The van der Waals surface area contributed by atoms with Gasteiger partial charge in [0.2, 0.25) is 21.8 Å². The predicted octanol–water partition coefficient (Wildman–Crippen LogP) is 7.96. The maximum Gasteiger partial charge on any atom is 0.435 e. The summed E-state index contributed by atoms with van der Waals surface area (Å²) < 4.78 is 199. The van der Waals surface area contributed by atoms with Crippen LogP contribution in [-0.4, -0.2) is 82.7 Å². The first-order valence-electron chi connectivity index (χ1n) is 21.6. The summed E-state index contributed by atoms with van der Waals surface area (Å²) in [6.07, 6.45) is -9.53. The lowest BCUT2D eigenvalue weighted by Crippen LogP contribution is -2.48. The first kappa shape index (κ1) is 54.0. The first-order chi connectivity index (χ1) is 33.0. The second-order valence-electron chi connectivity index (χ2n) is 18.4. The van der Waals surface area contributed by atoms with Crippen LogP contribution in [0.3, 0.4) is 0 Å². The summed E-state index contributed by atoms with van der Waals surface area (Å²) >= 11 is 6.66. The van der Waals surface area contributed by atoms with Crippen molar-refractivity contribution in [3.8, 4) is 23.0 Å². The van der Waals surface area contributed by atoms with Gasteiger partial charge in [0.15, 0.2) is 21.3 Å². The van der Waals surface area contributed by atoms with Gasteiger partial charge in [0.05, 0.1) is 33.9 Å². The minimum absolute atomic E-state index is 0.0199. The van der Waals surface area contributed by atoms with Crippen molar-refractivity contribution in [2.75, 3.05) is 16.8 Å². The van der Waals surface area contributed by atoms with E-state index >= 15 is 8.78 Å². The molecule has 3 atom stereocenters. The number of sulfonamides is 1. The van der Waals surface area contributed by atoms with E-state index in [1.54, 1.807) is 0 Å². The average molecular weight is 1080 g/mol. The minimum Gasteiger partial charge on any atom is -0.346 e. The summed E-state index contributed by atoms with van der Waals surface area (Å²) in [6, 6.07) is 4.42. The van der Waals surface area contributed by atoms with Gasteiger partial charge in [0, 0.05) is 46.9 Å². The molecule has 0 spiro atoms. The van der Waals surface area contributed by atoms with E-state index in [2.05, 4.69) is 32.3 Å². The number of nitrogens with zero attached hydrogens (tertiary/aromatic N) is 6. The van der Waals surface area contributed by atoms with Gasteiger partial charge < -0.3 is 11.1 Å². The van der Waals surface area contributed by atoms with Gasteiger partial charge in [-0.25, -0.2) is 30.6 Å². The van der Waals surface area contributed by atoms with Crippen LogP contribution in [-0.2, 0) is 61.1 Å². The molecular weight excluding hydrogens is 1040 g/mol. The van der Waals surface area contributed by atoms with Crippen LogP contribution >= 0.6 is 11.6 Å². The maximum absolute atomic E-state index is 15.8. The van der Waals surface area contributed by atoms with Crippen molar-refractivity contribution in [3.05, 3.63) is 93.0 Å². The van der Waals surface area contributed by atoms with Gasteiger partial charge in [0.1, 0.15) is 40.9 Å². The molecule has 1 saturated carbocycles. The van der Waals surface area contributed by atoms with E-state index in [4.69, 9.17) is 17.3 Å². The second kappa shape index (κ2) is 18.6. The fourth-order valence-electron chi connectivity index (χ4n) is 8.62. The summed E-state index contributed by atoms with van der Waals surface area (Å²) in [7, 11) is -8.60. The summed E-state index contributed by atoms with van der Waals surface area (Å²) in [5.74, 6) is -8.42. The van der Waals surface area contributed by atoms with Crippen LogP contribution in [0.2, 0.25) is 5.02 Å². The topological polar surface area (TPSA) is 192 Å². The van der Waals surface area contributed by atoms with E-state index in [0.29, 0.717) is 17.0 Å². The Morgan fingerprint density at radius 1 is 0.944 bits per heavy atom. The maximum atomic E-state index is 15.8. The fraction of sp³-hybridized carbons (Fsp3) is 0.444. The van der Waals surface area contributed by atoms with E-state index in [1.807, 2.05) is 0 Å². The zero-order chi connectivity index (χ0) is 53.6. The van der Waals surface area contributed by atoms with Crippen molar-refractivity contribution >= 4 is 60.0 Å². The molecule has 27 heteroatoms. The SMILES string of the molecule is C[C@@H]1c2c(C(F)(F)F)nn(CC(=O)N[C@@H](Cc3cc(F)cc(F)c3)c3nc(C#CC(C)(C)S(C)(=O)=O)ccc3-c3ccc(Cl)c4c(N(C(=O)C5CC(N)C5)S(C)(=O)=O)nn(CC(F)(F)F)c34)c2C(F)(F)[C@@H]1C. The number of rotatable bonds is 12. The quantitative estimate of drug-likeness (QED) is 0.0916. The third-order valence-corrected chi connectivity index (χ3v) is 16.0. The summed E-state index contributed by atoms with van der Waals surface area (Å²) in [5, 5.41) is 8.89. The number of aromatic nitrogens is 5. The lowest BCUT2D eigenvalue weighted by atomic mass is 9.80. The first-order valence-corrected chi connectivity index (χ1v) is 25.7. The lowest BCUT2D eigenvalue weighted by Gasteiger charge is -2.34. The molecule has 7 rings (SSSR count). The highest BCUT2D eigenvalue weighted by molar-refractivity contribution is 7.93. The standard InChI is InChI=1S/C45H43ClF10N8O6S2/c1-21-22(2)44(52,53)39-34(21)38(45(54,55)56)60-62(39)19-33(65)59-32(15-23-13-25(47)18-26(48)14-23)36-29(8-7-28(58-36)11-12-42(3,4)71(5,67)68)30-9-10-31(46)35-37(30)63(20-43(49,50)51)61-40(35)64(72(6,69)70)41(66)24-16-27(57)17-24/h7-10,13-14,18,21-22,24,27,32H,15-17,19-20,57H2,1-6H3,(H,59,65)/t21-,22+,24?,27?,32-/m0/s1. The number of alkyl halides is 8. The highest BCUT2D eigenvalue weighted by atomic mass is 35.5. The molecule has 1 fully saturated rings. The Bertz CT molecular complexity index is 3300. The number of benzene rings is 2. The van der Waals surface area contributed by atoms with Crippen LogP contribution in [0.25, 0.3) is 22.0 Å². The molecule has 3 aromatic heterocycles. The minimum atomic E-state index is -5.26. The highest BCUT2D eigenvalue weighted by Gasteiger charge is 2.57. The number of hydrogen-bond acceptors (Lipinski definition) is 10. The van der Waals surface area contributed by atoms with E-state index in [1.165, 1.54) is 26.0 Å². The van der Waals surface area contributed by atoms with Crippen molar-refractivity contribution in [1.29, 1.82) is 0 Å². The molecule has 2 aromatic carbocycles. The fourth-order valence-corrected chi connectivity index (χ4v) is 10.0. The Morgan fingerprint density at radius 2 is 1.56 bits per heavy atom. The van der Waals surface area contributed by atoms with Crippen molar-refractivity contribution in [2.24, 2.45) is 17.6 Å². The molecule has 3 heterocycles. The van der Waals surface area contributed by atoms with Gasteiger partial charge in [-0.1, -0.05) is 37.4 Å². The van der Waals surface area contributed by atoms with E-state index in [0.717, 1.165) is 44.4 Å². The van der Waals surface area contributed by atoms with Crippen LogP contribution in [0.15, 0.2) is 42.5 Å². The molecule has 2 aliphatic carbocycles. The van der Waals surface area contributed by atoms with Crippen molar-refractivity contribution in [2.45, 2.75) is 101 Å². The van der Waals surface area contributed by atoms with Crippen LogP contribution < -0.4 is 15.4 Å². The molecule has 388 valence electrons. The Morgan fingerprint density at radius 3 is 2.11 bits per heavy atom. The van der Waals surface area contributed by atoms with E-state index in [-0.39, 0.29) is 44.2 Å². The molecule has 2 aliphatic rings. The molecule has 0 unspecified atom stereocenters. The monoisotopic (exact) mass is 1080 g/mol. The molecule has 72 heavy (non-hydrogen) atoms. The zero-order valence-corrected chi connectivity index (χ0v) is 41.0. The smallest absolute Gasteiger partial charge is 0.346 e. The number of pyridine rings is 1. The molecule has 14 nitrogen and oxygen atoms in total. The Hall–Kier alpha value is -5.78. The van der Waals surface area contributed by atoms with E-state index < -0.39 is 160 Å². The number of carbonyl (C=O) groups excluding carboxylic acids is 2. The van der Waals surface area contributed by atoms with Crippen LogP contribution in [0.1, 0.15) is 86.4 Å². The third-order valence-electron chi connectivity index (χ3n) is 12.7. The number of nitrogens with one attached hydrogen (secondary N) is 1. The predicted molar refractivity (Wildman–Crippen MR) is 243 cm³/mol. The number of nitrogens with two attached hydrogens (primary N) is 1. The van der Waals surface area contributed by atoms with Crippen molar-refractivity contribution < 1.29 is 70.3 Å². The van der Waals surface area contributed by atoms with E-state index in [9.17, 15) is 61.5 Å². The number of hydrogen-bond donors (Lipinski definition) is 2. The molecule has 5 aromatic rings. The number of fused-ring (bicyclic) bond motifs is 2. The average Bonchev–Trinajstić information content (AvgIpc) is 3.83. The molecule has 2 amide bonds. The second-order valence-corrected chi connectivity index (χ2v) is 23.2. The normalized spacial score (nSPS) is 19.6. The largest absolute Gasteiger partial charge is 0.435 e. The van der Waals surface area contributed by atoms with Crippen LogP contribution in [0, 0.1) is 35.3 Å². The van der Waals surface area contributed by atoms with Crippen molar-refractivity contribution in [1.82, 2.24) is 29.9 Å². The van der Waals surface area contributed by atoms with Crippen molar-refractivity contribution in [3.63, 3.8) is 0 Å². The highest BCUT2D eigenvalue weighted by Crippen LogP contribution is 2.55. The Labute approximate surface area is 410 Å². The van der Waals surface area contributed by atoms with Crippen LogP contribution in [0.5, 0.6) is 0 Å². The Balaban J connectivity index is 1.50.